The first-order chi connectivity index (χ1) is 12.8. The largest absolute Gasteiger partial charge is 0.360 e. The molecule has 0 atom stereocenters. The number of H-pyrrole nitrogens is 1. The lowest BCUT2D eigenvalue weighted by Gasteiger charge is -2.42. The van der Waals surface area contributed by atoms with E-state index in [9.17, 15) is 18.0 Å². The van der Waals surface area contributed by atoms with Gasteiger partial charge < -0.3 is 14.8 Å². The molecule has 27 heavy (non-hydrogen) atoms. The van der Waals surface area contributed by atoms with Gasteiger partial charge in [0.15, 0.2) is 0 Å². The van der Waals surface area contributed by atoms with Crippen molar-refractivity contribution in [2.24, 2.45) is 5.92 Å². The summed E-state index contributed by atoms with van der Waals surface area (Å²) >= 11 is 0. The maximum absolute atomic E-state index is 12.7. The zero-order valence-electron chi connectivity index (χ0n) is 15.1. The number of aromatic amines is 1. The molecule has 2 aliphatic heterocycles. The van der Waals surface area contributed by atoms with Crippen molar-refractivity contribution >= 4 is 32.7 Å². The number of hydrogen-bond acceptors (Lipinski definition) is 4. The highest BCUT2D eigenvalue weighted by atomic mass is 32.2. The number of carbonyl (C=O) groups excluding carboxylic acids is 2. The Morgan fingerprint density at radius 2 is 1.70 bits per heavy atom. The number of hydrogen-bond donors (Lipinski definition) is 1. The number of para-hydroxylation sites is 1. The van der Waals surface area contributed by atoms with E-state index in [1.54, 1.807) is 16.0 Å². The van der Waals surface area contributed by atoms with E-state index in [1.165, 1.54) is 10.6 Å². The number of likely N-dealkylation sites (tertiary alicyclic amines) is 1. The fourth-order valence-electron chi connectivity index (χ4n) is 3.72. The van der Waals surface area contributed by atoms with Crippen molar-refractivity contribution in [2.75, 3.05) is 45.5 Å². The number of benzene rings is 1. The molecule has 2 amide bonds. The number of fused-ring (bicyclic) bond motifs is 1. The Bertz CT molecular complexity index is 986. The van der Waals surface area contributed by atoms with Crippen LogP contribution in [0.25, 0.3) is 10.9 Å². The molecule has 0 spiro atoms. The summed E-state index contributed by atoms with van der Waals surface area (Å²) in [5.74, 6) is -0.270. The molecular weight excluding hydrogens is 368 g/mol. The van der Waals surface area contributed by atoms with Crippen LogP contribution in [0.15, 0.2) is 30.5 Å². The van der Waals surface area contributed by atoms with E-state index in [0.29, 0.717) is 44.8 Å². The molecule has 2 fully saturated rings. The van der Waals surface area contributed by atoms with Crippen molar-refractivity contribution in [3.05, 3.63) is 36.0 Å². The van der Waals surface area contributed by atoms with Crippen LogP contribution in [0.5, 0.6) is 0 Å². The average molecular weight is 390 g/mol. The predicted molar refractivity (Wildman–Crippen MR) is 101 cm³/mol. The lowest BCUT2D eigenvalue weighted by molar-refractivity contribution is -0.141. The Morgan fingerprint density at radius 3 is 2.37 bits per heavy atom. The van der Waals surface area contributed by atoms with Crippen LogP contribution in [-0.4, -0.2) is 84.8 Å². The van der Waals surface area contributed by atoms with Crippen LogP contribution in [-0.2, 0) is 14.8 Å². The minimum Gasteiger partial charge on any atom is -0.360 e. The molecule has 1 aromatic heterocycles. The number of rotatable bonds is 3. The normalized spacial score (nSPS) is 19.3. The predicted octanol–water partition coefficient (Wildman–Crippen LogP) is 0.344. The summed E-state index contributed by atoms with van der Waals surface area (Å²) in [7, 11) is -3.21. The SMILES string of the molecule is CS(=O)(=O)N1CCN(C(=O)C2CN(C(=O)c3c[nH]c4ccccc34)C2)CC1. The minimum atomic E-state index is -3.21. The maximum Gasteiger partial charge on any atom is 0.256 e. The van der Waals surface area contributed by atoms with Crippen molar-refractivity contribution in [3.63, 3.8) is 0 Å². The summed E-state index contributed by atoms with van der Waals surface area (Å²) in [5.41, 5.74) is 1.54. The molecule has 1 aromatic carbocycles. The highest BCUT2D eigenvalue weighted by Crippen LogP contribution is 2.25. The summed E-state index contributed by atoms with van der Waals surface area (Å²) in [6.07, 6.45) is 2.90. The van der Waals surface area contributed by atoms with Gasteiger partial charge in [-0.3, -0.25) is 9.59 Å². The summed E-state index contributed by atoms with van der Waals surface area (Å²) in [4.78, 5) is 31.8. The lowest BCUT2D eigenvalue weighted by Crippen LogP contribution is -2.59. The molecule has 0 unspecified atom stereocenters. The van der Waals surface area contributed by atoms with Crippen LogP contribution in [0.2, 0.25) is 0 Å². The molecule has 4 rings (SSSR count). The van der Waals surface area contributed by atoms with Gasteiger partial charge in [0.25, 0.3) is 5.91 Å². The fraction of sp³-hybridized carbons (Fsp3) is 0.444. The van der Waals surface area contributed by atoms with E-state index in [2.05, 4.69) is 4.98 Å². The Hall–Kier alpha value is -2.39. The molecule has 2 aromatic rings. The van der Waals surface area contributed by atoms with Crippen molar-refractivity contribution in [2.45, 2.75) is 0 Å². The second kappa shape index (κ2) is 6.65. The zero-order chi connectivity index (χ0) is 19.2. The highest BCUT2D eigenvalue weighted by Gasteiger charge is 2.39. The number of sulfonamides is 1. The Kier molecular flexibility index (Phi) is 4.43. The molecule has 8 nitrogen and oxygen atoms in total. The van der Waals surface area contributed by atoms with Gasteiger partial charge >= 0.3 is 0 Å². The molecular formula is C18H22N4O4S. The first-order valence-electron chi connectivity index (χ1n) is 8.94. The number of carbonyl (C=O) groups is 2. The van der Waals surface area contributed by atoms with E-state index >= 15 is 0 Å². The summed E-state index contributed by atoms with van der Waals surface area (Å²) in [5, 5.41) is 0.883. The smallest absolute Gasteiger partial charge is 0.256 e. The Balaban J connectivity index is 1.34. The molecule has 144 valence electrons. The van der Waals surface area contributed by atoms with Crippen molar-refractivity contribution in [3.8, 4) is 0 Å². The van der Waals surface area contributed by atoms with Crippen molar-refractivity contribution in [1.29, 1.82) is 0 Å². The van der Waals surface area contributed by atoms with Gasteiger partial charge in [0.2, 0.25) is 15.9 Å². The minimum absolute atomic E-state index is 0.00567. The van der Waals surface area contributed by atoms with E-state index in [1.807, 2.05) is 24.3 Å². The van der Waals surface area contributed by atoms with Gasteiger partial charge in [0.1, 0.15) is 0 Å². The second-order valence-corrected chi connectivity index (χ2v) is 9.12. The summed E-state index contributed by atoms with van der Waals surface area (Å²) in [6.45, 7) is 2.27. The lowest BCUT2D eigenvalue weighted by atomic mass is 9.96. The summed E-state index contributed by atoms with van der Waals surface area (Å²) < 4.78 is 24.5. The first-order valence-corrected chi connectivity index (χ1v) is 10.8. The van der Waals surface area contributed by atoms with Gasteiger partial charge in [0, 0.05) is 56.4 Å². The van der Waals surface area contributed by atoms with E-state index in [-0.39, 0.29) is 17.7 Å². The van der Waals surface area contributed by atoms with Crippen molar-refractivity contribution < 1.29 is 18.0 Å². The van der Waals surface area contributed by atoms with Gasteiger partial charge in [-0.2, -0.15) is 4.31 Å². The van der Waals surface area contributed by atoms with Gasteiger partial charge in [-0.25, -0.2) is 8.42 Å². The van der Waals surface area contributed by atoms with Crippen LogP contribution >= 0.6 is 0 Å². The fourth-order valence-corrected chi connectivity index (χ4v) is 4.54. The van der Waals surface area contributed by atoms with Crippen LogP contribution < -0.4 is 0 Å². The van der Waals surface area contributed by atoms with E-state index in [0.717, 1.165) is 10.9 Å². The number of nitrogens with one attached hydrogen (secondary N) is 1. The number of nitrogens with zero attached hydrogens (tertiary/aromatic N) is 3. The summed E-state index contributed by atoms with van der Waals surface area (Å²) in [6, 6.07) is 7.63. The standard InChI is InChI=1S/C18H22N4O4S/c1-27(25,26)22-8-6-20(7-9-22)17(23)13-11-21(12-13)18(24)15-10-19-16-5-3-2-4-14(15)16/h2-5,10,13,19H,6-9,11-12H2,1H3. The number of piperazine rings is 1. The molecule has 9 heteroatoms. The van der Waals surface area contributed by atoms with Crippen LogP contribution in [0.4, 0.5) is 0 Å². The van der Waals surface area contributed by atoms with Crippen molar-refractivity contribution in [1.82, 2.24) is 19.1 Å². The first kappa shape index (κ1) is 18.0. The number of aromatic nitrogens is 1. The second-order valence-electron chi connectivity index (χ2n) is 7.14. The third-order valence-electron chi connectivity index (χ3n) is 5.36. The molecule has 2 saturated heterocycles. The zero-order valence-corrected chi connectivity index (χ0v) is 15.9. The highest BCUT2D eigenvalue weighted by molar-refractivity contribution is 7.88. The molecule has 0 saturated carbocycles. The average Bonchev–Trinajstić information content (AvgIpc) is 3.03. The Labute approximate surface area is 157 Å². The molecule has 0 bridgehead atoms. The molecule has 2 aliphatic rings. The topological polar surface area (TPSA) is 93.8 Å². The number of amides is 2. The molecule has 0 aliphatic carbocycles. The van der Waals surface area contributed by atoms with Gasteiger partial charge in [-0.05, 0) is 6.07 Å². The monoisotopic (exact) mass is 390 g/mol. The third-order valence-corrected chi connectivity index (χ3v) is 6.66. The molecule has 1 N–H and O–H groups in total. The quantitative estimate of drug-likeness (QED) is 0.818. The van der Waals surface area contributed by atoms with Gasteiger partial charge in [0.05, 0.1) is 17.7 Å². The Morgan fingerprint density at radius 1 is 1.04 bits per heavy atom. The van der Waals surface area contributed by atoms with Crippen LogP contribution in [0.1, 0.15) is 10.4 Å². The van der Waals surface area contributed by atoms with Gasteiger partial charge in [-0.15, -0.1) is 0 Å². The van der Waals surface area contributed by atoms with Crippen LogP contribution in [0.3, 0.4) is 0 Å². The van der Waals surface area contributed by atoms with E-state index in [4.69, 9.17) is 0 Å². The van der Waals surface area contributed by atoms with Gasteiger partial charge in [-0.1, -0.05) is 18.2 Å². The molecule has 3 heterocycles. The maximum atomic E-state index is 12.7. The molecule has 0 radical (unpaired) electrons. The third kappa shape index (κ3) is 3.32. The van der Waals surface area contributed by atoms with Crippen LogP contribution in [0, 0.1) is 5.92 Å². The van der Waals surface area contributed by atoms with E-state index < -0.39 is 10.0 Å².